The molecule has 0 unspecified atom stereocenters. The Labute approximate surface area is 296 Å². The van der Waals surface area contributed by atoms with Crippen LogP contribution in [0.2, 0.25) is 0 Å². The van der Waals surface area contributed by atoms with Crippen molar-refractivity contribution in [3.8, 4) is 11.5 Å². The van der Waals surface area contributed by atoms with E-state index in [2.05, 4.69) is 0 Å². The Morgan fingerprint density at radius 1 is 0.480 bits per heavy atom. The molecule has 0 aliphatic heterocycles. The standard InChI is InChI=1S/C44H54O6/c45-39(47-15-11-43-23-29-17-30(24-43)19-31(18-29)25-43)9-13-49-41-35-5-1-2-6-36(35)42(38-8-4-3-7-37(38)41)50-14-10-40(46)48-16-12-44-26-32-20-33(27-44)22-34(21-32)28-44/h1-8,29-34H,9-28H2. The van der Waals surface area contributed by atoms with E-state index in [0.29, 0.717) is 24.0 Å². The number of carbonyl (C=O) groups is 2. The van der Waals surface area contributed by atoms with Crippen molar-refractivity contribution >= 4 is 33.5 Å². The third-order valence-electron chi connectivity index (χ3n) is 14.1. The van der Waals surface area contributed by atoms with E-state index in [1.165, 1.54) is 77.0 Å². The maximum atomic E-state index is 12.8. The molecule has 11 rings (SSSR count). The number of fused-ring (bicyclic) bond motifs is 2. The summed E-state index contributed by atoms with van der Waals surface area (Å²) >= 11 is 0. The lowest BCUT2D eigenvalue weighted by Gasteiger charge is -2.57. The second-order valence-corrected chi connectivity index (χ2v) is 17.7. The van der Waals surface area contributed by atoms with Crippen molar-refractivity contribution in [1.29, 1.82) is 0 Å². The molecular formula is C44H54O6. The lowest BCUT2D eigenvalue weighted by atomic mass is 9.49. The molecule has 0 spiro atoms. The van der Waals surface area contributed by atoms with Gasteiger partial charge in [0.15, 0.2) is 0 Å². The molecule has 3 aromatic rings. The van der Waals surface area contributed by atoms with Crippen LogP contribution >= 0.6 is 0 Å². The monoisotopic (exact) mass is 678 g/mol. The van der Waals surface area contributed by atoms with Gasteiger partial charge in [0.1, 0.15) is 11.5 Å². The van der Waals surface area contributed by atoms with Crippen molar-refractivity contribution < 1.29 is 28.5 Å². The molecular weight excluding hydrogens is 624 g/mol. The molecule has 8 aliphatic rings. The largest absolute Gasteiger partial charge is 0.492 e. The fourth-order valence-corrected chi connectivity index (χ4v) is 12.9. The van der Waals surface area contributed by atoms with Crippen LogP contribution in [-0.2, 0) is 19.1 Å². The summed E-state index contributed by atoms with van der Waals surface area (Å²) in [6.45, 7) is 1.55. The number of hydrogen-bond donors (Lipinski definition) is 0. The Bertz CT molecular complexity index is 1490. The highest BCUT2D eigenvalue weighted by Crippen LogP contribution is 2.62. The van der Waals surface area contributed by atoms with Crippen molar-refractivity contribution in [3.63, 3.8) is 0 Å². The molecule has 3 aromatic carbocycles. The van der Waals surface area contributed by atoms with Gasteiger partial charge in [0.25, 0.3) is 0 Å². The average Bonchev–Trinajstić information content (AvgIpc) is 3.08. The first kappa shape index (κ1) is 32.6. The first-order chi connectivity index (χ1) is 24.4. The molecule has 8 bridgehead atoms. The number of esters is 2. The minimum Gasteiger partial charge on any atom is -0.492 e. The SMILES string of the molecule is O=C(CCOc1c2ccccc2c(OCCC(=O)OCCC23CC4CC(CC(C4)C2)C3)c2ccccc12)OCCC12CC3CC(CC(C3)C1)C2. The number of hydrogen-bond acceptors (Lipinski definition) is 6. The minimum absolute atomic E-state index is 0.187. The Morgan fingerprint density at radius 2 is 0.780 bits per heavy atom. The Hall–Kier alpha value is -3.28. The second-order valence-electron chi connectivity index (χ2n) is 17.7. The molecule has 6 heteroatoms. The summed E-state index contributed by atoms with van der Waals surface area (Å²) in [6, 6.07) is 16.1. The van der Waals surface area contributed by atoms with E-state index >= 15 is 0 Å². The van der Waals surface area contributed by atoms with Crippen molar-refractivity contribution in [3.05, 3.63) is 48.5 Å². The summed E-state index contributed by atoms with van der Waals surface area (Å²) in [6.07, 6.45) is 19.1. The van der Waals surface area contributed by atoms with Gasteiger partial charge in [-0.25, -0.2) is 0 Å². The van der Waals surface area contributed by atoms with Crippen molar-refractivity contribution in [2.75, 3.05) is 26.4 Å². The number of ether oxygens (including phenoxy) is 4. The molecule has 0 aromatic heterocycles. The van der Waals surface area contributed by atoms with Gasteiger partial charge in [-0.1, -0.05) is 48.5 Å². The van der Waals surface area contributed by atoms with E-state index in [1.54, 1.807) is 0 Å². The van der Waals surface area contributed by atoms with Gasteiger partial charge in [-0.3, -0.25) is 9.59 Å². The van der Waals surface area contributed by atoms with Crippen LogP contribution in [0, 0.1) is 46.3 Å². The van der Waals surface area contributed by atoms with Gasteiger partial charge < -0.3 is 18.9 Å². The molecule has 0 atom stereocenters. The molecule has 0 amide bonds. The predicted molar refractivity (Wildman–Crippen MR) is 194 cm³/mol. The minimum atomic E-state index is -0.187. The lowest BCUT2D eigenvalue weighted by molar-refractivity contribution is -0.147. The van der Waals surface area contributed by atoms with Crippen molar-refractivity contribution in [1.82, 2.24) is 0 Å². The summed E-state index contributed by atoms with van der Waals surface area (Å²) in [7, 11) is 0. The van der Waals surface area contributed by atoms with Crippen LogP contribution in [0.5, 0.6) is 11.5 Å². The highest BCUT2D eigenvalue weighted by atomic mass is 16.5. The molecule has 8 fully saturated rings. The van der Waals surface area contributed by atoms with E-state index in [-0.39, 0.29) is 38.0 Å². The molecule has 8 aliphatic carbocycles. The summed E-state index contributed by atoms with van der Waals surface area (Å²) in [5, 5.41) is 3.70. The second kappa shape index (κ2) is 13.4. The number of carbonyl (C=O) groups excluding carboxylic acids is 2. The Kier molecular flexibility index (Phi) is 8.72. The van der Waals surface area contributed by atoms with E-state index in [1.807, 2.05) is 48.5 Å². The zero-order chi connectivity index (χ0) is 33.7. The maximum absolute atomic E-state index is 12.8. The normalized spacial score (nSPS) is 33.2. The maximum Gasteiger partial charge on any atom is 0.309 e. The van der Waals surface area contributed by atoms with Gasteiger partial charge >= 0.3 is 11.9 Å². The lowest BCUT2D eigenvalue weighted by Crippen LogP contribution is -2.46. The average molecular weight is 679 g/mol. The van der Waals surface area contributed by atoms with E-state index in [9.17, 15) is 9.59 Å². The quantitative estimate of drug-likeness (QED) is 0.125. The van der Waals surface area contributed by atoms with Gasteiger partial charge in [0, 0.05) is 21.5 Å². The fourth-order valence-electron chi connectivity index (χ4n) is 12.9. The number of benzene rings is 3. The van der Waals surface area contributed by atoms with Gasteiger partial charge in [-0.2, -0.15) is 0 Å². The third-order valence-corrected chi connectivity index (χ3v) is 14.1. The Morgan fingerprint density at radius 3 is 1.08 bits per heavy atom. The summed E-state index contributed by atoms with van der Waals surface area (Å²) in [4.78, 5) is 25.6. The summed E-state index contributed by atoms with van der Waals surface area (Å²) in [5.74, 6) is 6.58. The first-order valence-corrected chi connectivity index (χ1v) is 19.9. The van der Waals surface area contributed by atoms with Crippen LogP contribution in [0.25, 0.3) is 21.5 Å². The van der Waals surface area contributed by atoms with Gasteiger partial charge in [0.05, 0.1) is 39.3 Å². The third kappa shape index (κ3) is 6.50. The van der Waals surface area contributed by atoms with Crippen LogP contribution < -0.4 is 9.47 Å². The van der Waals surface area contributed by atoms with E-state index in [4.69, 9.17) is 18.9 Å². The van der Waals surface area contributed by atoms with Gasteiger partial charge in [0.2, 0.25) is 0 Å². The highest BCUT2D eigenvalue weighted by Gasteiger charge is 2.51. The molecule has 50 heavy (non-hydrogen) atoms. The zero-order valence-corrected chi connectivity index (χ0v) is 29.7. The summed E-state index contributed by atoms with van der Waals surface area (Å²) in [5.41, 5.74) is 0.836. The molecule has 6 nitrogen and oxygen atoms in total. The van der Waals surface area contributed by atoms with Crippen LogP contribution in [0.3, 0.4) is 0 Å². The summed E-state index contributed by atoms with van der Waals surface area (Å²) < 4.78 is 24.3. The zero-order valence-electron chi connectivity index (χ0n) is 29.7. The molecule has 0 N–H and O–H groups in total. The molecule has 0 heterocycles. The van der Waals surface area contributed by atoms with Crippen LogP contribution in [-0.4, -0.2) is 38.4 Å². The van der Waals surface area contributed by atoms with E-state index < -0.39 is 0 Å². The molecule has 266 valence electrons. The number of rotatable bonds is 14. The highest BCUT2D eigenvalue weighted by molar-refractivity contribution is 6.11. The Balaban J connectivity index is 0.789. The van der Waals surface area contributed by atoms with Gasteiger partial charge in [-0.15, -0.1) is 0 Å². The molecule has 0 saturated heterocycles. The van der Waals surface area contributed by atoms with Crippen LogP contribution in [0.4, 0.5) is 0 Å². The van der Waals surface area contributed by atoms with Crippen LogP contribution in [0.15, 0.2) is 48.5 Å². The van der Waals surface area contributed by atoms with Gasteiger partial charge in [-0.05, 0) is 136 Å². The smallest absolute Gasteiger partial charge is 0.309 e. The van der Waals surface area contributed by atoms with Crippen molar-refractivity contribution in [2.24, 2.45) is 46.3 Å². The van der Waals surface area contributed by atoms with Crippen molar-refractivity contribution in [2.45, 2.75) is 103 Å². The van der Waals surface area contributed by atoms with Crippen LogP contribution in [0.1, 0.15) is 103 Å². The predicted octanol–water partition coefficient (Wildman–Crippen LogP) is 9.83. The topological polar surface area (TPSA) is 71.1 Å². The molecule has 0 radical (unpaired) electrons. The first-order valence-electron chi connectivity index (χ1n) is 19.9. The fraction of sp³-hybridized carbons (Fsp3) is 0.636. The molecule has 8 saturated carbocycles. The van der Waals surface area contributed by atoms with E-state index in [0.717, 1.165) is 81.4 Å².